The molecule has 0 aliphatic rings. The zero-order valence-corrected chi connectivity index (χ0v) is 15.8. The molecular formula is C18H13F3N4O4S. The number of ether oxygens (including phenoxy) is 1. The molecule has 0 aliphatic carbocycles. The zero-order chi connectivity index (χ0) is 21.7. The molecule has 3 aromatic rings. The van der Waals surface area contributed by atoms with Crippen molar-refractivity contribution in [1.29, 1.82) is 0 Å². The number of aromatic nitrogens is 2. The van der Waals surface area contributed by atoms with Gasteiger partial charge in [-0.25, -0.2) is 4.98 Å². The van der Waals surface area contributed by atoms with Gasteiger partial charge < -0.3 is 15.0 Å². The van der Waals surface area contributed by atoms with Gasteiger partial charge in [-0.3, -0.25) is 19.7 Å². The van der Waals surface area contributed by atoms with Crippen LogP contribution in [0.4, 0.5) is 24.0 Å². The maximum atomic E-state index is 12.2. The molecule has 0 saturated heterocycles. The fraction of sp³-hybridized carbons (Fsp3) is 0.111. The summed E-state index contributed by atoms with van der Waals surface area (Å²) in [6.07, 6.45) is -3.52. The van der Waals surface area contributed by atoms with E-state index in [1.807, 2.05) is 0 Å². The fourth-order valence-corrected chi connectivity index (χ4v) is 3.03. The van der Waals surface area contributed by atoms with Crippen molar-refractivity contribution in [2.24, 2.45) is 0 Å². The van der Waals surface area contributed by atoms with E-state index in [0.717, 1.165) is 23.5 Å². The van der Waals surface area contributed by atoms with Crippen LogP contribution in [0.1, 0.15) is 16.1 Å². The van der Waals surface area contributed by atoms with Crippen molar-refractivity contribution in [1.82, 2.24) is 9.97 Å². The molecule has 30 heavy (non-hydrogen) atoms. The van der Waals surface area contributed by atoms with Gasteiger partial charge in [-0.15, -0.1) is 24.5 Å². The van der Waals surface area contributed by atoms with Crippen LogP contribution in [0.3, 0.4) is 0 Å². The average Bonchev–Trinajstić information content (AvgIpc) is 3.09. The van der Waals surface area contributed by atoms with Crippen molar-refractivity contribution in [3.05, 3.63) is 69.6 Å². The van der Waals surface area contributed by atoms with E-state index in [0.29, 0.717) is 5.69 Å². The van der Waals surface area contributed by atoms with Gasteiger partial charge in [0.05, 0.1) is 12.1 Å². The number of pyridine rings is 1. The minimum atomic E-state index is -4.80. The number of benzene rings is 1. The molecule has 0 unspecified atom stereocenters. The molecule has 0 atom stereocenters. The van der Waals surface area contributed by atoms with Gasteiger partial charge in [-0.2, -0.15) is 0 Å². The second-order valence-corrected chi connectivity index (χ2v) is 6.67. The number of anilines is 2. The molecule has 2 amide bonds. The lowest BCUT2D eigenvalue weighted by molar-refractivity contribution is -0.274. The van der Waals surface area contributed by atoms with E-state index < -0.39 is 29.5 Å². The van der Waals surface area contributed by atoms with Gasteiger partial charge in [0.2, 0.25) is 5.91 Å². The number of carbonyl (C=O) groups excluding carboxylic acids is 2. The highest BCUT2D eigenvalue weighted by Crippen LogP contribution is 2.24. The van der Waals surface area contributed by atoms with Gasteiger partial charge in [0.15, 0.2) is 5.13 Å². The summed E-state index contributed by atoms with van der Waals surface area (Å²) in [6, 6.07) is 7.55. The third kappa shape index (κ3) is 5.91. The summed E-state index contributed by atoms with van der Waals surface area (Å²) >= 11 is 1.08. The van der Waals surface area contributed by atoms with Crippen molar-refractivity contribution in [2.75, 3.05) is 10.6 Å². The Hall–Kier alpha value is -3.67. The predicted octanol–water partition coefficient (Wildman–Crippen LogP) is 3.16. The number of hydrogen-bond donors (Lipinski definition) is 3. The van der Waals surface area contributed by atoms with Crippen LogP contribution < -0.4 is 20.9 Å². The van der Waals surface area contributed by atoms with Crippen LogP contribution in [0, 0.1) is 0 Å². The van der Waals surface area contributed by atoms with Crippen LogP contribution in [0.25, 0.3) is 0 Å². The summed E-state index contributed by atoms with van der Waals surface area (Å²) in [4.78, 5) is 42.3. The Morgan fingerprint density at radius 3 is 2.53 bits per heavy atom. The van der Waals surface area contributed by atoms with E-state index in [2.05, 4.69) is 25.3 Å². The van der Waals surface area contributed by atoms with Crippen LogP contribution in [-0.4, -0.2) is 28.1 Å². The largest absolute Gasteiger partial charge is 0.573 e. The maximum Gasteiger partial charge on any atom is 0.573 e. The summed E-state index contributed by atoms with van der Waals surface area (Å²) < 4.78 is 40.2. The molecule has 3 rings (SSSR count). The van der Waals surface area contributed by atoms with Crippen LogP contribution in [-0.2, 0) is 11.2 Å². The maximum absolute atomic E-state index is 12.2. The molecule has 156 valence electrons. The molecule has 2 aromatic heterocycles. The topological polar surface area (TPSA) is 113 Å². The summed E-state index contributed by atoms with van der Waals surface area (Å²) in [5.41, 5.74) is 0.0242. The quantitative estimate of drug-likeness (QED) is 0.547. The lowest BCUT2D eigenvalue weighted by Gasteiger charge is -2.09. The Balaban J connectivity index is 1.55. The van der Waals surface area contributed by atoms with Crippen molar-refractivity contribution in [2.45, 2.75) is 12.8 Å². The minimum absolute atomic E-state index is 0.0788. The van der Waals surface area contributed by atoms with Gasteiger partial charge in [0, 0.05) is 17.3 Å². The van der Waals surface area contributed by atoms with Crippen molar-refractivity contribution in [3.8, 4) is 5.75 Å². The van der Waals surface area contributed by atoms with Gasteiger partial charge in [0.1, 0.15) is 11.3 Å². The summed E-state index contributed by atoms with van der Waals surface area (Å²) in [7, 11) is 0. The molecule has 12 heteroatoms. The third-order valence-electron chi connectivity index (χ3n) is 3.55. The highest BCUT2D eigenvalue weighted by molar-refractivity contribution is 7.14. The lowest BCUT2D eigenvalue weighted by Crippen LogP contribution is -2.22. The molecule has 3 N–H and O–H groups in total. The third-order valence-corrected chi connectivity index (χ3v) is 4.35. The second kappa shape index (κ2) is 8.78. The first-order chi connectivity index (χ1) is 14.2. The number of amides is 2. The van der Waals surface area contributed by atoms with Crippen molar-refractivity contribution in [3.63, 3.8) is 0 Å². The number of rotatable bonds is 6. The first kappa shape index (κ1) is 21.0. The van der Waals surface area contributed by atoms with E-state index in [9.17, 15) is 27.6 Å². The van der Waals surface area contributed by atoms with Gasteiger partial charge in [-0.1, -0.05) is 0 Å². The van der Waals surface area contributed by atoms with E-state index in [-0.39, 0.29) is 22.8 Å². The SMILES string of the molecule is O=C(Cc1csc(NC(=O)c2ccc[nH]c2=O)n1)Nc1ccc(OC(F)(F)F)cc1. The van der Waals surface area contributed by atoms with Crippen LogP contribution in [0.5, 0.6) is 5.75 Å². The molecule has 0 radical (unpaired) electrons. The number of nitrogens with zero attached hydrogens (tertiary/aromatic N) is 1. The van der Waals surface area contributed by atoms with Crippen LogP contribution >= 0.6 is 11.3 Å². The number of carbonyl (C=O) groups is 2. The van der Waals surface area contributed by atoms with Crippen LogP contribution in [0.2, 0.25) is 0 Å². The predicted molar refractivity (Wildman–Crippen MR) is 103 cm³/mol. The number of halogens is 3. The number of H-pyrrole nitrogens is 1. The summed E-state index contributed by atoms with van der Waals surface area (Å²) in [5, 5.41) is 6.77. The molecule has 0 bridgehead atoms. The molecule has 0 fully saturated rings. The number of alkyl halides is 3. The van der Waals surface area contributed by atoms with E-state index in [1.54, 1.807) is 5.38 Å². The summed E-state index contributed by atoms with van der Waals surface area (Å²) in [5.74, 6) is -1.50. The number of hydrogen-bond acceptors (Lipinski definition) is 6. The molecule has 8 nitrogen and oxygen atoms in total. The normalized spacial score (nSPS) is 11.0. The Morgan fingerprint density at radius 2 is 1.87 bits per heavy atom. The average molecular weight is 438 g/mol. The highest BCUT2D eigenvalue weighted by Gasteiger charge is 2.30. The van der Waals surface area contributed by atoms with E-state index in [4.69, 9.17) is 0 Å². The highest BCUT2D eigenvalue weighted by atomic mass is 32.1. The molecule has 0 spiro atoms. The lowest BCUT2D eigenvalue weighted by atomic mass is 10.2. The van der Waals surface area contributed by atoms with Crippen LogP contribution in [0.15, 0.2) is 52.8 Å². The first-order valence-corrected chi connectivity index (χ1v) is 9.17. The summed E-state index contributed by atoms with van der Waals surface area (Å²) in [6.45, 7) is 0. The second-order valence-electron chi connectivity index (χ2n) is 5.81. The van der Waals surface area contributed by atoms with Gasteiger partial charge in [-0.05, 0) is 36.4 Å². The smallest absolute Gasteiger partial charge is 0.406 e. The Bertz CT molecular complexity index is 1110. The number of nitrogens with one attached hydrogen (secondary N) is 3. The molecule has 1 aromatic carbocycles. The van der Waals surface area contributed by atoms with Crippen molar-refractivity contribution < 1.29 is 27.5 Å². The zero-order valence-electron chi connectivity index (χ0n) is 14.9. The molecule has 2 heterocycles. The van der Waals surface area contributed by atoms with Gasteiger partial charge in [0.25, 0.3) is 11.5 Å². The van der Waals surface area contributed by atoms with E-state index in [1.165, 1.54) is 30.5 Å². The number of aromatic amines is 1. The Kier molecular flexibility index (Phi) is 6.16. The Labute approximate surface area is 170 Å². The first-order valence-electron chi connectivity index (χ1n) is 8.29. The Morgan fingerprint density at radius 1 is 1.13 bits per heavy atom. The fourth-order valence-electron chi connectivity index (χ4n) is 2.32. The van der Waals surface area contributed by atoms with Crippen molar-refractivity contribution >= 4 is 34.0 Å². The number of thiazole rings is 1. The molecular weight excluding hydrogens is 425 g/mol. The standard InChI is InChI=1S/C18H13F3N4O4S/c19-18(20,21)29-12-5-3-10(4-6-12)23-14(26)8-11-9-30-17(24-11)25-16(28)13-2-1-7-22-15(13)27/h1-7,9H,8H2,(H,22,27)(H,23,26)(H,24,25,28). The monoisotopic (exact) mass is 438 g/mol. The molecule has 0 aliphatic heterocycles. The molecule has 0 saturated carbocycles. The van der Waals surface area contributed by atoms with E-state index >= 15 is 0 Å². The minimum Gasteiger partial charge on any atom is -0.406 e. The van der Waals surface area contributed by atoms with Gasteiger partial charge >= 0.3 is 6.36 Å².